The van der Waals surface area contributed by atoms with E-state index in [0.29, 0.717) is 13.1 Å². The summed E-state index contributed by atoms with van der Waals surface area (Å²) >= 11 is 0. The van der Waals surface area contributed by atoms with Crippen LogP contribution in [-0.2, 0) is 6.54 Å². The topological polar surface area (TPSA) is 94.7 Å². The number of aliphatic hydroxyl groups is 3. The van der Waals surface area contributed by atoms with E-state index in [2.05, 4.69) is 5.32 Å². The van der Waals surface area contributed by atoms with Crippen molar-refractivity contribution >= 4 is 0 Å². The highest BCUT2D eigenvalue weighted by Gasteiger charge is 2.26. The number of aromatic nitrogens is 1. The Kier molecular flexibility index (Phi) is 5.30. The van der Waals surface area contributed by atoms with Gasteiger partial charge in [-0.15, -0.1) is 0 Å². The van der Waals surface area contributed by atoms with Crippen molar-refractivity contribution in [3.8, 4) is 0 Å². The minimum absolute atomic E-state index is 0.114. The monoisotopic (exact) mass is 242 g/mol. The van der Waals surface area contributed by atoms with Crippen LogP contribution in [-0.4, -0.2) is 51.8 Å². The number of hydrogen-bond acceptors (Lipinski definition) is 5. The van der Waals surface area contributed by atoms with Crippen LogP contribution in [0.15, 0.2) is 29.2 Å². The first kappa shape index (κ1) is 13.9. The quantitative estimate of drug-likeness (QED) is 0.450. The molecule has 1 heterocycles. The fourth-order valence-electron chi connectivity index (χ4n) is 1.40. The van der Waals surface area contributed by atoms with Crippen molar-refractivity contribution in [1.29, 1.82) is 0 Å². The smallest absolute Gasteiger partial charge is 0.250 e. The predicted molar refractivity (Wildman–Crippen MR) is 62.7 cm³/mol. The lowest BCUT2D eigenvalue weighted by Gasteiger charge is -2.28. The molecule has 0 aliphatic rings. The molecular formula is C11H18N2O4. The minimum Gasteiger partial charge on any atom is -0.394 e. The van der Waals surface area contributed by atoms with Gasteiger partial charge < -0.3 is 25.2 Å². The lowest BCUT2D eigenvalue weighted by atomic mass is 10.0. The number of aliphatic hydroxyl groups excluding tert-OH is 3. The molecule has 1 aromatic heterocycles. The average molecular weight is 242 g/mol. The summed E-state index contributed by atoms with van der Waals surface area (Å²) in [6.07, 6.45) is 1.66. The molecule has 17 heavy (non-hydrogen) atoms. The van der Waals surface area contributed by atoms with Crippen molar-refractivity contribution in [3.05, 3.63) is 34.7 Å². The van der Waals surface area contributed by atoms with Gasteiger partial charge in [-0.1, -0.05) is 6.07 Å². The Bertz CT molecular complexity index is 379. The van der Waals surface area contributed by atoms with Crippen LogP contribution in [0.25, 0.3) is 0 Å². The summed E-state index contributed by atoms with van der Waals surface area (Å²) < 4.78 is 1.50. The molecule has 0 amide bonds. The van der Waals surface area contributed by atoms with E-state index in [1.54, 1.807) is 18.3 Å². The Balaban J connectivity index is 2.52. The Morgan fingerprint density at radius 2 is 1.82 bits per heavy atom. The third-order valence-corrected chi connectivity index (χ3v) is 2.66. The zero-order chi connectivity index (χ0) is 12.7. The van der Waals surface area contributed by atoms with Crippen LogP contribution in [0.3, 0.4) is 0 Å². The number of pyridine rings is 1. The van der Waals surface area contributed by atoms with Crippen LogP contribution in [0.4, 0.5) is 0 Å². The van der Waals surface area contributed by atoms with Crippen molar-refractivity contribution in [3.63, 3.8) is 0 Å². The van der Waals surface area contributed by atoms with Gasteiger partial charge >= 0.3 is 0 Å². The first-order valence-corrected chi connectivity index (χ1v) is 5.40. The zero-order valence-electron chi connectivity index (χ0n) is 9.54. The number of hydrogen-bond donors (Lipinski definition) is 4. The second kappa shape index (κ2) is 6.51. The van der Waals surface area contributed by atoms with E-state index in [1.165, 1.54) is 10.6 Å². The van der Waals surface area contributed by atoms with E-state index >= 15 is 0 Å². The second-order valence-electron chi connectivity index (χ2n) is 3.91. The lowest BCUT2D eigenvalue weighted by Crippen LogP contribution is -2.55. The maximum Gasteiger partial charge on any atom is 0.250 e. The SMILES string of the molecule is O=c1ccccn1CCNC(CO)(CO)CO. The normalized spacial score (nSPS) is 11.7. The van der Waals surface area contributed by atoms with E-state index in [1.807, 2.05) is 0 Å². The fraction of sp³-hybridized carbons (Fsp3) is 0.545. The van der Waals surface area contributed by atoms with Crippen molar-refractivity contribution in [1.82, 2.24) is 9.88 Å². The summed E-state index contributed by atoms with van der Waals surface area (Å²) in [5.41, 5.74) is -1.21. The van der Waals surface area contributed by atoms with Gasteiger partial charge in [-0.2, -0.15) is 0 Å². The van der Waals surface area contributed by atoms with Gasteiger partial charge in [-0.3, -0.25) is 4.79 Å². The second-order valence-corrected chi connectivity index (χ2v) is 3.91. The number of rotatable bonds is 7. The first-order chi connectivity index (χ1) is 8.17. The highest BCUT2D eigenvalue weighted by molar-refractivity contribution is 4.93. The molecule has 0 unspecified atom stereocenters. The third kappa shape index (κ3) is 3.64. The van der Waals surface area contributed by atoms with E-state index in [4.69, 9.17) is 15.3 Å². The molecule has 1 rings (SSSR count). The van der Waals surface area contributed by atoms with Gasteiger partial charge in [0.15, 0.2) is 0 Å². The minimum atomic E-state index is -1.10. The molecule has 0 bridgehead atoms. The lowest BCUT2D eigenvalue weighted by molar-refractivity contribution is 0.0422. The van der Waals surface area contributed by atoms with Gasteiger partial charge in [0.1, 0.15) is 0 Å². The Morgan fingerprint density at radius 1 is 1.18 bits per heavy atom. The zero-order valence-corrected chi connectivity index (χ0v) is 9.54. The van der Waals surface area contributed by atoms with Gasteiger partial charge in [0.2, 0.25) is 0 Å². The molecule has 0 fully saturated rings. The summed E-state index contributed by atoms with van der Waals surface area (Å²) in [5.74, 6) is 0. The molecule has 6 nitrogen and oxygen atoms in total. The molecule has 0 radical (unpaired) electrons. The standard InChI is InChI=1S/C11H18N2O4/c14-7-11(8-15,9-16)12-4-6-13-5-2-1-3-10(13)17/h1-3,5,12,14-16H,4,6-9H2. The molecule has 6 heteroatoms. The van der Waals surface area contributed by atoms with Crippen molar-refractivity contribution in [2.75, 3.05) is 26.4 Å². The molecular weight excluding hydrogens is 224 g/mol. The number of nitrogens with one attached hydrogen (secondary N) is 1. The highest BCUT2D eigenvalue weighted by atomic mass is 16.3. The maximum atomic E-state index is 11.4. The molecule has 0 saturated heterocycles. The van der Waals surface area contributed by atoms with Gasteiger partial charge in [0.05, 0.1) is 25.4 Å². The maximum absolute atomic E-state index is 11.4. The largest absolute Gasteiger partial charge is 0.394 e. The fourth-order valence-corrected chi connectivity index (χ4v) is 1.40. The molecule has 0 saturated carbocycles. The summed E-state index contributed by atoms with van der Waals surface area (Å²) in [6.45, 7) is -0.343. The van der Waals surface area contributed by atoms with Gasteiger partial charge in [-0.25, -0.2) is 0 Å². The van der Waals surface area contributed by atoms with Crippen molar-refractivity contribution < 1.29 is 15.3 Å². The van der Waals surface area contributed by atoms with Crippen molar-refractivity contribution in [2.45, 2.75) is 12.1 Å². The van der Waals surface area contributed by atoms with E-state index < -0.39 is 5.54 Å². The molecule has 96 valence electrons. The van der Waals surface area contributed by atoms with Crippen LogP contribution >= 0.6 is 0 Å². The summed E-state index contributed by atoms with van der Waals surface area (Å²) in [6, 6.07) is 4.86. The van der Waals surface area contributed by atoms with Crippen LogP contribution in [0.2, 0.25) is 0 Å². The van der Waals surface area contributed by atoms with Crippen LogP contribution in [0.5, 0.6) is 0 Å². The summed E-state index contributed by atoms with van der Waals surface area (Å²) in [4.78, 5) is 11.4. The highest BCUT2D eigenvalue weighted by Crippen LogP contribution is 2.00. The molecule has 4 N–H and O–H groups in total. The predicted octanol–water partition coefficient (Wildman–Crippen LogP) is -1.85. The van der Waals surface area contributed by atoms with Gasteiger partial charge in [0, 0.05) is 25.4 Å². The molecule has 0 spiro atoms. The molecule has 1 aromatic rings. The molecule has 0 atom stereocenters. The van der Waals surface area contributed by atoms with Crippen LogP contribution in [0.1, 0.15) is 0 Å². The third-order valence-electron chi connectivity index (χ3n) is 2.66. The first-order valence-electron chi connectivity index (χ1n) is 5.40. The summed E-state index contributed by atoms with van der Waals surface area (Å²) in [5, 5.41) is 30.1. The Labute approximate surface area is 99.1 Å². The molecule has 0 aliphatic carbocycles. The molecule has 0 aromatic carbocycles. The Hall–Kier alpha value is -1.21. The Morgan fingerprint density at radius 3 is 2.35 bits per heavy atom. The van der Waals surface area contributed by atoms with Gasteiger partial charge in [0.25, 0.3) is 5.56 Å². The number of nitrogens with zero attached hydrogens (tertiary/aromatic N) is 1. The average Bonchev–Trinajstić information content (AvgIpc) is 2.37. The van der Waals surface area contributed by atoms with E-state index in [0.717, 1.165) is 0 Å². The van der Waals surface area contributed by atoms with E-state index in [-0.39, 0.29) is 25.4 Å². The summed E-state index contributed by atoms with van der Waals surface area (Å²) in [7, 11) is 0. The molecule has 0 aliphatic heterocycles. The van der Waals surface area contributed by atoms with Crippen molar-refractivity contribution in [2.24, 2.45) is 0 Å². The van der Waals surface area contributed by atoms with Crippen LogP contribution in [0, 0.1) is 0 Å². The van der Waals surface area contributed by atoms with Crippen LogP contribution < -0.4 is 10.9 Å². The van der Waals surface area contributed by atoms with Gasteiger partial charge in [-0.05, 0) is 6.07 Å². The van der Waals surface area contributed by atoms with E-state index in [9.17, 15) is 4.79 Å².